The molecule has 138 valence electrons. The summed E-state index contributed by atoms with van der Waals surface area (Å²) in [6, 6.07) is 10.2. The third kappa shape index (κ3) is 11.6. The van der Waals surface area contributed by atoms with Gasteiger partial charge in [0.2, 0.25) is 0 Å². The highest BCUT2D eigenvalue weighted by Crippen LogP contribution is 2.02. The predicted molar refractivity (Wildman–Crippen MR) is 111 cm³/mol. The molecule has 0 radical (unpaired) electrons. The van der Waals surface area contributed by atoms with Crippen molar-refractivity contribution < 1.29 is 9.47 Å². The van der Waals surface area contributed by atoms with Gasteiger partial charge in [-0.15, -0.1) is 24.0 Å². The number of halogens is 1. The van der Waals surface area contributed by atoms with Crippen molar-refractivity contribution >= 4 is 29.9 Å². The molecule has 24 heavy (non-hydrogen) atoms. The Labute approximate surface area is 163 Å². The van der Waals surface area contributed by atoms with Crippen LogP contribution >= 0.6 is 24.0 Å². The summed E-state index contributed by atoms with van der Waals surface area (Å²) in [6.45, 7) is 8.81. The summed E-state index contributed by atoms with van der Waals surface area (Å²) in [5.41, 5.74) is 1.21. The van der Waals surface area contributed by atoms with Gasteiger partial charge in [0.15, 0.2) is 5.96 Å². The molecule has 0 aromatic heterocycles. The molecule has 0 aliphatic carbocycles. The molecule has 2 N–H and O–H groups in total. The molecule has 1 aromatic rings. The molecule has 5 nitrogen and oxygen atoms in total. The SMILES string of the molecule is CCOCCCNC(=NC)NCC(C)COCc1ccccc1.I. The zero-order valence-electron chi connectivity index (χ0n) is 15.1. The monoisotopic (exact) mass is 449 g/mol. The Bertz CT molecular complexity index is 430. The summed E-state index contributed by atoms with van der Waals surface area (Å²) in [5.74, 6) is 1.25. The molecule has 0 saturated carbocycles. The van der Waals surface area contributed by atoms with Crippen LogP contribution in [0.4, 0.5) is 0 Å². The Morgan fingerprint density at radius 1 is 1.17 bits per heavy atom. The smallest absolute Gasteiger partial charge is 0.190 e. The third-order valence-corrected chi connectivity index (χ3v) is 3.32. The van der Waals surface area contributed by atoms with Crippen molar-refractivity contribution in [2.75, 3.05) is 40.0 Å². The van der Waals surface area contributed by atoms with E-state index >= 15 is 0 Å². The first kappa shape index (κ1) is 23.1. The molecule has 0 aliphatic heterocycles. The molecule has 1 unspecified atom stereocenters. The van der Waals surface area contributed by atoms with Crippen molar-refractivity contribution in [2.24, 2.45) is 10.9 Å². The number of aliphatic imine (C=N–C) groups is 1. The fraction of sp³-hybridized carbons (Fsp3) is 0.611. The number of rotatable bonds is 11. The number of ether oxygens (including phenoxy) is 2. The highest BCUT2D eigenvalue weighted by molar-refractivity contribution is 14.0. The van der Waals surface area contributed by atoms with Crippen molar-refractivity contribution in [3.05, 3.63) is 35.9 Å². The zero-order chi connectivity index (χ0) is 16.8. The standard InChI is InChI=1S/C18H31N3O2.HI/c1-4-22-12-8-11-20-18(19-3)21-13-16(2)14-23-15-17-9-6-5-7-10-17;/h5-7,9-10,16H,4,8,11-15H2,1-3H3,(H2,19,20,21);1H. The van der Waals surface area contributed by atoms with Crippen LogP contribution in [-0.2, 0) is 16.1 Å². The van der Waals surface area contributed by atoms with Crippen LogP contribution in [0.15, 0.2) is 35.3 Å². The quantitative estimate of drug-likeness (QED) is 0.236. The second kappa shape index (κ2) is 15.7. The lowest BCUT2D eigenvalue weighted by atomic mass is 10.2. The molecule has 0 spiro atoms. The van der Waals surface area contributed by atoms with Crippen molar-refractivity contribution in [1.29, 1.82) is 0 Å². The van der Waals surface area contributed by atoms with Gasteiger partial charge in [0.05, 0.1) is 13.2 Å². The van der Waals surface area contributed by atoms with Crippen molar-refractivity contribution in [1.82, 2.24) is 10.6 Å². The van der Waals surface area contributed by atoms with Gasteiger partial charge in [-0.25, -0.2) is 0 Å². The summed E-state index contributed by atoms with van der Waals surface area (Å²) < 4.78 is 11.1. The fourth-order valence-electron chi connectivity index (χ4n) is 2.03. The van der Waals surface area contributed by atoms with Gasteiger partial charge in [-0.3, -0.25) is 4.99 Å². The summed E-state index contributed by atoms with van der Waals surface area (Å²) in [5, 5.41) is 6.61. The highest BCUT2D eigenvalue weighted by atomic mass is 127. The van der Waals surface area contributed by atoms with E-state index in [9.17, 15) is 0 Å². The van der Waals surface area contributed by atoms with Crippen LogP contribution < -0.4 is 10.6 Å². The van der Waals surface area contributed by atoms with Crippen molar-refractivity contribution in [2.45, 2.75) is 26.9 Å². The van der Waals surface area contributed by atoms with E-state index in [2.05, 4.69) is 34.7 Å². The molecular weight excluding hydrogens is 417 g/mol. The number of benzene rings is 1. The van der Waals surface area contributed by atoms with Gasteiger partial charge in [-0.1, -0.05) is 37.3 Å². The van der Waals surface area contributed by atoms with E-state index in [-0.39, 0.29) is 24.0 Å². The van der Waals surface area contributed by atoms with Crippen LogP contribution in [0.1, 0.15) is 25.8 Å². The lowest BCUT2D eigenvalue weighted by Crippen LogP contribution is -2.40. The number of nitrogens with zero attached hydrogens (tertiary/aromatic N) is 1. The molecule has 0 fully saturated rings. The number of hydrogen-bond donors (Lipinski definition) is 2. The highest BCUT2D eigenvalue weighted by Gasteiger charge is 2.04. The average molecular weight is 449 g/mol. The summed E-state index contributed by atoms with van der Waals surface area (Å²) in [4.78, 5) is 4.22. The first-order chi connectivity index (χ1) is 11.3. The lowest BCUT2D eigenvalue weighted by molar-refractivity contribution is 0.0931. The maximum absolute atomic E-state index is 5.76. The molecule has 0 heterocycles. The van der Waals surface area contributed by atoms with Gasteiger partial charge in [0.25, 0.3) is 0 Å². The minimum atomic E-state index is 0. The van der Waals surface area contributed by atoms with E-state index in [4.69, 9.17) is 9.47 Å². The maximum atomic E-state index is 5.76. The number of hydrogen-bond acceptors (Lipinski definition) is 3. The van der Waals surface area contributed by atoms with Gasteiger partial charge in [-0.05, 0) is 24.8 Å². The topological polar surface area (TPSA) is 54.9 Å². The molecule has 1 atom stereocenters. The Kier molecular flexibility index (Phi) is 15.1. The van der Waals surface area contributed by atoms with E-state index < -0.39 is 0 Å². The number of guanidine groups is 1. The predicted octanol–water partition coefficient (Wildman–Crippen LogP) is 3.05. The average Bonchev–Trinajstić information content (AvgIpc) is 2.58. The van der Waals surface area contributed by atoms with Crippen LogP contribution in [0.3, 0.4) is 0 Å². The van der Waals surface area contributed by atoms with Crippen LogP contribution in [0.2, 0.25) is 0 Å². The molecule has 0 aliphatic rings. The van der Waals surface area contributed by atoms with E-state index in [0.29, 0.717) is 12.5 Å². The number of nitrogens with one attached hydrogen (secondary N) is 2. The van der Waals surface area contributed by atoms with Gasteiger partial charge in [0.1, 0.15) is 0 Å². The van der Waals surface area contributed by atoms with Crippen LogP contribution in [0, 0.1) is 5.92 Å². The van der Waals surface area contributed by atoms with Crippen LogP contribution in [0.5, 0.6) is 0 Å². The van der Waals surface area contributed by atoms with E-state index in [1.807, 2.05) is 25.1 Å². The van der Waals surface area contributed by atoms with E-state index in [1.165, 1.54) is 5.56 Å². The van der Waals surface area contributed by atoms with Crippen LogP contribution in [-0.4, -0.2) is 45.9 Å². The van der Waals surface area contributed by atoms with Crippen molar-refractivity contribution in [3.63, 3.8) is 0 Å². The summed E-state index contributed by atoms with van der Waals surface area (Å²) in [6.07, 6.45) is 0.976. The molecule has 0 amide bonds. The Hall–Kier alpha value is -0.860. The van der Waals surface area contributed by atoms with E-state index in [0.717, 1.165) is 45.3 Å². The fourth-order valence-corrected chi connectivity index (χ4v) is 2.03. The Balaban J connectivity index is 0.00000529. The molecular formula is C18H32IN3O2. The summed E-state index contributed by atoms with van der Waals surface area (Å²) in [7, 11) is 1.79. The first-order valence-corrected chi connectivity index (χ1v) is 8.40. The molecule has 0 bridgehead atoms. The first-order valence-electron chi connectivity index (χ1n) is 8.40. The Morgan fingerprint density at radius 2 is 1.92 bits per heavy atom. The van der Waals surface area contributed by atoms with Gasteiger partial charge in [-0.2, -0.15) is 0 Å². The molecule has 0 saturated heterocycles. The molecule has 1 aromatic carbocycles. The largest absolute Gasteiger partial charge is 0.382 e. The van der Waals surface area contributed by atoms with Crippen molar-refractivity contribution in [3.8, 4) is 0 Å². The van der Waals surface area contributed by atoms with Gasteiger partial charge in [0, 0.05) is 33.4 Å². The lowest BCUT2D eigenvalue weighted by Gasteiger charge is -2.16. The Morgan fingerprint density at radius 3 is 2.58 bits per heavy atom. The minimum Gasteiger partial charge on any atom is -0.382 e. The zero-order valence-corrected chi connectivity index (χ0v) is 17.4. The van der Waals surface area contributed by atoms with Crippen LogP contribution in [0.25, 0.3) is 0 Å². The summed E-state index contributed by atoms with van der Waals surface area (Å²) >= 11 is 0. The normalized spacial score (nSPS) is 12.4. The molecule has 6 heteroatoms. The molecule has 1 rings (SSSR count). The van der Waals surface area contributed by atoms with Gasteiger partial charge < -0.3 is 20.1 Å². The minimum absolute atomic E-state index is 0. The second-order valence-corrected chi connectivity index (χ2v) is 5.54. The second-order valence-electron chi connectivity index (χ2n) is 5.54. The maximum Gasteiger partial charge on any atom is 0.190 e. The van der Waals surface area contributed by atoms with E-state index in [1.54, 1.807) is 7.05 Å². The third-order valence-electron chi connectivity index (χ3n) is 3.32. The van der Waals surface area contributed by atoms with Gasteiger partial charge >= 0.3 is 0 Å².